The second-order valence-electron chi connectivity index (χ2n) is 11.1. The van der Waals surface area contributed by atoms with Crippen LogP contribution in [-0.2, 0) is 27.2 Å². The van der Waals surface area contributed by atoms with E-state index in [1.54, 1.807) is 51.1 Å². The number of nitrogens with two attached hydrogens (primary N) is 1. The monoisotopic (exact) mass is 582 g/mol. The zero-order chi connectivity index (χ0) is 30.8. The average molecular weight is 583 g/mol. The van der Waals surface area contributed by atoms with Crippen LogP contribution in [0.25, 0.3) is 11.0 Å². The Labute approximate surface area is 243 Å². The van der Waals surface area contributed by atoms with Crippen molar-refractivity contribution in [3.05, 3.63) is 75.2 Å². The van der Waals surface area contributed by atoms with Gasteiger partial charge in [0.05, 0.1) is 5.60 Å². The Bertz CT molecular complexity index is 1540. The first-order valence-corrected chi connectivity index (χ1v) is 13.6. The van der Waals surface area contributed by atoms with Gasteiger partial charge in [0.25, 0.3) is 0 Å². The number of aryl methyl sites for hydroxylation is 1. The number of aliphatic hydroxyl groups is 1. The third-order valence-corrected chi connectivity index (χ3v) is 7.23. The number of benzene rings is 2. The zero-order valence-corrected chi connectivity index (χ0v) is 24.6. The Morgan fingerprint density at radius 1 is 1.19 bits per heavy atom. The second-order valence-corrected chi connectivity index (χ2v) is 11.1. The minimum Gasteiger partial charge on any atom is -0.508 e. The first kappa shape index (κ1) is 30.9. The normalized spacial score (nSPS) is 21.5. The van der Waals surface area contributed by atoms with E-state index in [4.69, 9.17) is 29.1 Å². The molecule has 0 spiro atoms. The maximum atomic E-state index is 12.9. The van der Waals surface area contributed by atoms with Crippen LogP contribution < -0.4 is 21.4 Å². The molecule has 0 bridgehead atoms. The Morgan fingerprint density at radius 2 is 1.93 bits per heavy atom. The Balaban J connectivity index is 1.55. The van der Waals surface area contributed by atoms with Gasteiger partial charge in [-0.1, -0.05) is 23.8 Å². The molecule has 42 heavy (non-hydrogen) atoms. The lowest BCUT2D eigenvalue weighted by molar-refractivity contribution is -0.304. The van der Waals surface area contributed by atoms with Crippen LogP contribution in [0.1, 0.15) is 44.4 Å². The predicted molar refractivity (Wildman–Crippen MR) is 157 cm³/mol. The molecule has 0 unspecified atom stereocenters. The fourth-order valence-corrected chi connectivity index (χ4v) is 5.05. The fraction of sp³-hybridized carbons (Fsp3) is 0.419. The summed E-state index contributed by atoms with van der Waals surface area (Å²) in [6.45, 7) is 9.49. The molecule has 11 nitrogen and oxygen atoms in total. The molecule has 1 fully saturated rings. The first-order valence-electron chi connectivity index (χ1n) is 13.6. The van der Waals surface area contributed by atoms with Crippen LogP contribution in [0.2, 0.25) is 0 Å². The third-order valence-electron chi connectivity index (χ3n) is 7.23. The van der Waals surface area contributed by atoms with Crippen molar-refractivity contribution in [3.63, 3.8) is 0 Å². The van der Waals surface area contributed by atoms with Crippen molar-refractivity contribution in [2.24, 2.45) is 5.73 Å². The molecular weight excluding hydrogens is 544 g/mol. The fourth-order valence-electron chi connectivity index (χ4n) is 5.05. The van der Waals surface area contributed by atoms with Gasteiger partial charge in [0, 0.05) is 24.6 Å². The van der Waals surface area contributed by atoms with Gasteiger partial charge in [0.2, 0.25) is 6.29 Å². The number of carbonyl (C=O) groups excluding carboxylic acids is 1. The van der Waals surface area contributed by atoms with Crippen molar-refractivity contribution in [2.45, 2.75) is 77.8 Å². The number of fused-ring (bicyclic) bond motifs is 1. The van der Waals surface area contributed by atoms with Gasteiger partial charge in [0.1, 0.15) is 28.9 Å². The van der Waals surface area contributed by atoms with Gasteiger partial charge in [-0.25, -0.2) is 9.59 Å². The summed E-state index contributed by atoms with van der Waals surface area (Å²) < 4.78 is 28.2. The van der Waals surface area contributed by atoms with Gasteiger partial charge >= 0.3 is 11.7 Å². The highest BCUT2D eigenvalue weighted by atomic mass is 16.7. The van der Waals surface area contributed by atoms with Crippen molar-refractivity contribution >= 4 is 22.7 Å². The van der Waals surface area contributed by atoms with Crippen LogP contribution >= 0.6 is 0 Å². The van der Waals surface area contributed by atoms with Crippen LogP contribution in [0.5, 0.6) is 11.5 Å². The molecule has 11 heteroatoms. The molecule has 2 heterocycles. The van der Waals surface area contributed by atoms with Crippen molar-refractivity contribution in [2.75, 3.05) is 12.4 Å². The number of nitrogens with one attached hydrogen (secondary N) is 1. The standard InChI is InChI=1S/C31H38N2O9/c1-16(2)7-9-19-13-18(8-11-22(19)34)15-33-21-14-20-10-12-23(17(3)25(20)40-28(21)36)39-29-24(35)26(41-30(32)37)27(38-6)31(4,5)42-29/h7-8,10-14,24,26-27,29,33-35H,9,15H2,1-6H3,(H2,32,37)/t24-,26+,27-,29-/m1/s1. The van der Waals surface area contributed by atoms with E-state index in [1.807, 2.05) is 26.0 Å². The summed E-state index contributed by atoms with van der Waals surface area (Å²) in [6.07, 6.45) is -3.05. The summed E-state index contributed by atoms with van der Waals surface area (Å²) in [5, 5.41) is 24.9. The molecule has 5 N–H and O–H groups in total. The number of phenols is 1. The topological polar surface area (TPSA) is 163 Å². The number of amides is 1. The number of primary amides is 1. The summed E-state index contributed by atoms with van der Waals surface area (Å²) in [4.78, 5) is 24.4. The summed E-state index contributed by atoms with van der Waals surface area (Å²) in [7, 11) is 1.41. The highest BCUT2D eigenvalue weighted by Gasteiger charge is 2.53. The summed E-state index contributed by atoms with van der Waals surface area (Å²) in [5.41, 5.74) is 7.58. The number of carbonyl (C=O) groups is 1. The Morgan fingerprint density at radius 3 is 2.60 bits per heavy atom. The molecule has 1 aliphatic rings. The lowest BCUT2D eigenvalue weighted by Gasteiger charge is -2.47. The number of phenolic OH excluding ortho intramolecular Hbond substituents is 1. The third kappa shape index (κ3) is 6.70. The van der Waals surface area contributed by atoms with Gasteiger partial charge < -0.3 is 44.6 Å². The molecule has 226 valence electrons. The SMILES string of the molecule is CO[C@@H]1[C@@H](OC(N)=O)[C@@H](O)[C@H](Oc2ccc3cc(NCc4ccc(O)c(CC=C(C)C)c4)c(=O)oc3c2C)OC1(C)C. The lowest BCUT2D eigenvalue weighted by Crippen LogP contribution is -2.65. The van der Waals surface area contributed by atoms with Gasteiger partial charge in [-0.05, 0) is 76.4 Å². The number of ether oxygens (including phenoxy) is 4. The lowest BCUT2D eigenvalue weighted by atomic mass is 9.89. The molecule has 0 aliphatic carbocycles. The first-order chi connectivity index (χ1) is 19.8. The summed E-state index contributed by atoms with van der Waals surface area (Å²) in [6, 6.07) is 10.4. The zero-order valence-electron chi connectivity index (χ0n) is 24.6. The van der Waals surface area contributed by atoms with Crippen LogP contribution in [0.15, 0.2) is 57.3 Å². The van der Waals surface area contributed by atoms with Gasteiger partial charge in [-0.2, -0.15) is 0 Å². The van der Waals surface area contributed by atoms with Gasteiger partial charge in [0.15, 0.2) is 12.2 Å². The number of aromatic hydroxyl groups is 1. The van der Waals surface area contributed by atoms with E-state index in [0.29, 0.717) is 35.2 Å². The van der Waals surface area contributed by atoms with Crippen molar-refractivity contribution < 1.29 is 38.4 Å². The van der Waals surface area contributed by atoms with E-state index in [0.717, 1.165) is 16.7 Å². The predicted octanol–water partition coefficient (Wildman–Crippen LogP) is 4.28. The number of hydrogen-bond donors (Lipinski definition) is 4. The molecular formula is C31H38N2O9. The number of rotatable bonds is 9. The molecule has 0 radical (unpaired) electrons. The average Bonchev–Trinajstić information content (AvgIpc) is 2.91. The number of anilines is 1. The van der Waals surface area contributed by atoms with Crippen LogP contribution in [0.4, 0.5) is 10.5 Å². The minimum absolute atomic E-state index is 0.221. The Kier molecular flexibility index (Phi) is 9.15. The molecule has 1 aromatic heterocycles. The molecule has 2 aromatic carbocycles. The number of allylic oxidation sites excluding steroid dienone is 2. The van der Waals surface area contributed by atoms with Crippen LogP contribution in [-0.4, -0.2) is 53.6 Å². The van der Waals surface area contributed by atoms with Crippen LogP contribution in [0.3, 0.4) is 0 Å². The van der Waals surface area contributed by atoms with E-state index in [-0.39, 0.29) is 11.4 Å². The molecule has 4 rings (SSSR count). The van der Waals surface area contributed by atoms with Crippen molar-refractivity contribution in [1.29, 1.82) is 0 Å². The van der Waals surface area contributed by atoms with E-state index < -0.39 is 41.9 Å². The van der Waals surface area contributed by atoms with Gasteiger partial charge in [-0.3, -0.25) is 0 Å². The molecule has 1 saturated heterocycles. The second kappa shape index (κ2) is 12.4. The van der Waals surface area contributed by atoms with E-state index in [9.17, 15) is 19.8 Å². The van der Waals surface area contributed by atoms with Crippen LogP contribution in [0, 0.1) is 6.92 Å². The van der Waals surface area contributed by atoms with Crippen molar-refractivity contribution in [1.82, 2.24) is 0 Å². The maximum Gasteiger partial charge on any atom is 0.404 e. The molecule has 1 aliphatic heterocycles. The molecule has 4 atom stereocenters. The summed E-state index contributed by atoms with van der Waals surface area (Å²) in [5.74, 6) is 0.520. The molecule has 1 amide bonds. The highest BCUT2D eigenvalue weighted by molar-refractivity contribution is 5.84. The summed E-state index contributed by atoms with van der Waals surface area (Å²) >= 11 is 0. The van der Waals surface area contributed by atoms with Crippen molar-refractivity contribution in [3.8, 4) is 11.5 Å². The minimum atomic E-state index is -1.42. The Hall–Kier alpha value is -4.06. The smallest absolute Gasteiger partial charge is 0.404 e. The number of hydrogen-bond acceptors (Lipinski definition) is 10. The quantitative estimate of drug-likeness (QED) is 0.212. The molecule has 3 aromatic rings. The van der Waals surface area contributed by atoms with E-state index in [2.05, 4.69) is 5.32 Å². The number of aliphatic hydroxyl groups excluding tert-OH is 1. The highest BCUT2D eigenvalue weighted by Crippen LogP contribution is 2.36. The molecule has 0 saturated carbocycles. The van der Waals surface area contributed by atoms with E-state index in [1.165, 1.54) is 7.11 Å². The van der Waals surface area contributed by atoms with E-state index >= 15 is 0 Å². The number of methoxy groups -OCH3 is 1. The van der Waals surface area contributed by atoms with Gasteiger partial charge in [-0.15, -0.1) is 0 Å². The largest absolute Gasteiger partial charge is 0.508 e. The maximum absolute atomic E-state index is 12.9.